The Hall–Kier alpha value is -3.53. The Kier molecular flexibility index (Phi) is 15.7. The van der Waals surface area contributed by atoms with E-state index in [2.05, 4.69) is 234 Å². The van der Waals surface area contributed by atoms with Crippen molar-refractivity contribution < 1.29 is 21.7 Å². The number of hydrogen-bond donors (Lipinski definition) is 0. The Morgan fingerprint density at radius 2 is 0.433 bits per heavy atom. The van der Waals surface area contributed by atoms with Gasteiger partial charge in [-0.3, -0.25) is 0 Å². The van der Waals surface area contributed by atoms with E-state index >= 15 is 0 Å². The van der Waals surface area contributed by atoms with Gasteiger partial charge in [-0.25, -0.2) is 0 Å². The second kappa shape index (κ2) is 19.3. The predicted molar refractivity (Wildman–Crippen MR) is 309 cm³/mol. The smallest absolute Gasteiger partial charge is 0.199 e. The van der Waals surface area contributed by atoms with E-state index in [4.69, 9.17) is 6.92 Å². The van der Waals surface area contributed by atoms with Crippen LogP contribution >= 0.6 is 0 Å². The Labute approximate surface area is 429 Å². The topological polar surface area (TPSA) is 0 Å². The molecule has 3 aromatic carbocycles. The Morgan fingerprint density at radius 1 is 0.269 bits per heavy atom. The van der Waals surface area contributed by atoms with Crippen molar-refractivity contribution >= 4 is 40.4 Å². The molecule has 67 heavy (non-hydrogen) atoms. The minimum atomic E-state index is -2.06. The largest absolute Gasteiger partial charge is 3.00 e. The third kappa shape index (κ3) is 9.33. The van der Waals surface area contributed by atoms with Gasteiger partial charge in [-0.15, -0.1) is 35.4 Å². The van der Waals surface area contributed by atoms with Crippen molar-refractivity contribution in [1.82, 2.24) is 0 Å². The van der Waals surface area contributed by atoms with Crippen LogP contribution in [0.25, 0.3) is 0 Å². The summed E-state index contributed by atoms with van der Waals surface area (Å²) in [7, 11) is -10.1. The summed E-state index contributed by atoms with van der Waals surface area (Å²) in [4.78, 5) is 0. The van der Waals surface area contributed by atoms with Crippen LogP contribution < -0.4 is 0 Å². The van der Waals surface area contributed by atoms with Gasteiger partial charge in [0.1, 0.15) is 0 Å². The van der Waals surface area contributed by atoms with Gasteiger partial charge in [-0.2, -0.15) is 61.7 Å². The molecule has 1 radical (unpaired) electrons. The van der Waals surface area contributed by atoms with Crippen molar-refractivity contribution in [2.24, 2.45) is 0 Å². The van der Waals surface area contributed by atoms with Gasteiger partial charge in [0.2, 0.25) is 0 Å². The monoisotopic (exact) mass is 1000 g/mol. The minimum absolute atomic E-state index is 0. The summed E-state index contributed by atoms with van der Waals surface area (Å²) >= 11 is 0. The number of rotatable bonds is 10. The first-order chi connectivity index (χ1) is 30.6. The second-order valence-corrected chi connectivity index (χ2v) is 51.1. The molecule has 0 saturated carbocycles. The van der Waals surface area contributed by atoms with Crippen molar-refractivity contribution in [2.45, 2.75) is 123 Å². The zero-order valence-electron chi connectivity index (χ0n) is 43.9. The molecule has 0 bridgehead atoms. The molecule has 6 heteroatoms. The first-order valence-corrected chi connectivity index (χ1v) is 41.8. The van der Waals surface area contributed by atoms with Crippen LogP contribution in [-0.2, 0) is 46.9 Å². The summed E-state index contributed by atoms with van der Waals surface area (Å²) in [5.74, 6) is 0. The summed E-state index contributed by atoms with van der Waals surface area (Å²) < 4.78 is 0. The molecule has 0 aliphatic heterocycles. The maximum absolute atomic E-state index is 5.49. The van der Waals surface area contributed by atoms with Gasteiger partial charge < -0.3 is 0 Å². The first-order valence-electron chi connectivity index (χ1n) is 24.3. The van der Waals surface area contributed by atoms with Crippen LogP contribution in [-0.4, -0.2) is 40.4 Å². The molecule has 3 aromatic rings. The first kappa shape index (κ1) is 54.4. The molecule has 5 aliphatic rings. The third-order valence-electron chi connectivity index (χ3n) is 15.7. The van der Waals surface area contributed by atoms with Gasteiger partial charge in [-0.05, 0) is 10.1 Å². The summed E-state index contributed by atoms with van der Waals surface area (Å²) in [5, 5.41) is -1.02. The molecule has 0 N–H and O–H groups in total. The third-order valence-corrected chi connectivity index (χ3v) is 31.0. The maximum atomic E-state index is 5.49. The van der Waals surface area contributed by atoms with E-state index in [1.54, 1.807) is 16.7 Å². The number of hydrogen-bond acceptors (Lipinski definition) is 0. The Balaban J connectivity index is 0.000000477. The fourth-order valence-corrected chi connectivity index (χ4v) is 22.5. The van der Waals surface area contributed by atoms with Crippen LogP contribution in [0, 0.1) is 20.8 Å². The van der Waals surface area contributed by atoms with Crippen LogP contribution in [0.5, 0.6) is 0 Å². The fourth-order valence-electron chi connectivity index (χ4n) is 11.5. The maximum Gasteiger partial charge on any atom is 3.00 e. The summed E-state index contributed by atoms with van der Waals surface area (Å²) in [6, 6.07) is 19.7. The molecule has 0 nitrogen and oxygen atoms in total. The average molecular weight is 1000 g/mol. The standard InChI is InChI=1S/C47H67Si5.2C7H7.Ti/c1-37-38(43(48(2,3)4)27-17-18-28-43)40(45(50(8,9)10)31-21-22-32-45)42(47(52(14,15)16)35-25-26-36-47)41(46(51(11,12)13)33-23-24-34-46)39(37)44(49(5,6)7)29-19-20-30-44;2*1-7-5-3-2-4-6-7;/h17-36H,1H2,2-16H3;2*2-6H,1H2;/q3*-1;+3. The molecule has 0 saturated heterocycles. The molecular formula is C61H81Si5Ti. The van der Waals surface area contributed by atoms with Crippen LogP contribution in [0.2, 0.25) is 98.2 Å². The van der Waals surface area contributed by atoms with E-state index in [1.807, 2.05) is 60.7 Å². The summed E-state index contributed by atoms with van der Waals surface area (Å²) in [6.45, 7) is 52.2. The molecule has 0 spiro atoms. The summed E-state index contributed by atoms with van der Waals surface area (Å²) in [5.41, 5.74) is 11.3. The van der Waals surface area contributed by atoms with Crippen molar-refractivity contribution in [2.75, 3.05) is 0 Å². The van der Waals surface area contributed by atoms with Crippen LogP contribution in [0.4, 0.5) is 0 Å². The van der Waals surface area contributed by atoms with Crippen LogP contribution in [0.15, 0.2) is 182 Å². The fraction of sp³-hybridized carbons (Fsp3) is 0.328. The van der Waals surface area contributed by atoms with Crippen molar-refractivity contribution in [1.29, 1.82) is 0 Å². The molecule has 8 rings (SSSR count). The van der Waals surface area contributed by atoms with Crippen molar-refractivity contribution in [3.05, 3.63) is 247 Å². The van der Waals surface area contributed by atoms with Gasteiger partial charge >= 0.3 is 21.7 Å². The van der Waals surface area contributed by atoms with Gasteiger partial charge in [0.15, 0.2) is 0 Å². The average Bonchev–Trinajstić information content (AvgIpc) is 4.06. The molecule has 5 aliphatic carbocycles. The van der Waals surface area contributed by atoms with E-state index < -0.39 is 40.4 Å². The van der Waals surface area contributed by atoms with E-state index in [-0.39, 0.29) is 46.9 Å². The molecule has 0 fully saturated rings. The predicted octanol–water partition coefficient (Wildman–Crippen LogP) is 16.8. The van der Waals surface area contributed by atoms with E-state index in [9.17, 15) is 0 Å². The molecule has 349 valence electrons. The number of allylic oxidation sites excluding steroid dienone is 20. The van der Waals surface area contributed by atoms with Crippen molar-refractivity contribution in [3.63, 3.8) is 0 Å². The second-order valence-electron chi connectivity index (χ2n) is 24.5. The van der Waals surface area contributed by atoms with Crippen molar-refractivity contribution in [3.8, 4) is 0 Å². The zero-order valence-corrected chi connectivity index (χ0v) is 50.5. The van der Waals surface area contributed by atoms with E-state index in [0.29, 0.717) is 0 Å². The van der Waals surface area contributed by atoms with Gasteiger partial charge in [0, 0.05) is 15.1 Å². The molecular weight excluding hydrogens is 921 g/mol. The number of benzene rings is 3. The van der Waals surface area contributed by atoms with Gasteiger partial charge in [0.05, 0.1) is 40.4 Å². The molecule has 0 heterocycles. The normalized spacial score (nSPS) is 19.6. The van der Waals surface area contributed by atoms with E-state index in [1.165, 1.54) is 16.7 Å². The quantitative estimate of drug-likeness (QED) is 0.140. The molecule has 0 unspecified atom stereocenters. The summed E-state index contributed by atoms with van der Waals surface area (Å²) in [6.07, 6.45) is 50.0. The molecule has 0 amide bonds. The SMILES string of the molecule is [CH2-]c1c(C2([Si](C)(C)C)C=CC=C2)c(C2([Si](C)(C)C)C=CC=C2)c(C2([Si](C)(C)C)C=CC=C2)c(C2([Si](C)(C)C)C=CC=C2)c1C1([Si](C)(C)C)C=CC=C1.[CH2-]c1ccccc1.[CH2-]c1ccccc1.[Ti+3]. The van der Waals surface area contributed by atoms with E-state index in [0.717, 1.165) is 11.1 Å². The van der Waals surface area contributed by atoms with Crippen LogP contribution in [0.3, 0.4) is 0 Å². The molecule has 0 atom stereocenters. The van der Waals surface area contributed by atoms with Gasteiger partial charge in [0.25, 0.3) is 0 Å². The Morgan fingerprint density at radius 3 is 0.582 bits per heavy atom. The Bertz CT molecular complexity index is 2360. The van der Waals surface area contributed by atoms with Crippen LogP contribution in [0.1, 0.15) is 44.5 Å². The molecule has 0 aromatic heterocycles. The minimum Gasteiger partial charge on any atom is -0.199 e. The van der Waals surface area contributed by atoms with Gasteiger partial charge in [-0.1, -0.05) is 249 Å². The zero-order chi connectivity index (χ0) is 48.8.